The summed E-state index contributed by atoms with van der Waals surface area (Å²) in [5, 5.41) is 39.3. The first-order chi connectivity index (χ1) is 18.0. The van der Waals surface area contributed by atoms with Crippen molar-refractivity contribution in [1.82, 2.24) is 19.9 Å². The van der Waals surface area contributed by atoms with E-state index in [1.807, 2.05) is 19.9 Å². The van der Waals surface area contributed by atoms with Crippen LogP contribution in [0.4, 0.5) is 16.2 Å². The van der Waals surface area contributed by atoms with Crippen LogP contribution in [-0.2, 0) is 6.54 Å². The van der Waals surface area contributed by atoms with Crippen LogP contribution >= 0.6 is 11.3 Å². The second-order valence-electron chi connectivity index (χ2n) is 10.3. The molecule has 1 fully saturated rings. The molecule has 9 nitrogen and oxygen atoms in total. The van der Waals surface area contributed by atoms with E-state index in [0.29, 0.717) is 41.0 Å². The molecule has 0 saturated heterocycles. The summed E-state index contributed by atoms with van der Waals surface area (Å²) in [5.74, 6) is -0.0196. The summed E-state index contributed by atoms with van der Waals surface area (Å²) in [4.78, 5) is 18.6. The lowest BCUT2D eigenvalue weighted by atomic mass is 9.88. The van der Waals surface area contributed by atoms with Gasteiger partial charge in [0.05, 0.1) is 39.4 Å². The van der Waals surface area contributed by atoms with E-state index in [-0.39, 0.29) is 5.82 Å². The van der Waals surface area contributed by atoms with Crippen LogP contribution in [0, 0.1) is 25.6 Å². The van der Waals surface area contributed by atoms with Gasteiger partial charge in [0.25, 0.3) is 0 Å². The number of aliphatic hydroxyl groups excluding tert-OH is 2. The Hall–Kier alpha value is -3.25. The predicted molar refractivity (Wildman–Crippen MR) is 145 cm³/mol. The van der Waals surface area contributed by atoms with Crippen molar-refractivity contribution in [2.45, 2.75) is 64.5 Å². The Labute approximate surface area is 223 Å². The number of hydrogen-bond acceptors (Lipinski definition) is 10. The van der Waals surface area contributed by atoms with Crippen LogP contribution < -0.4 is 10.6 Å². The lowest BCUT2D eigenvalue weighted by molar-refractivity contribution is -0.0601. The van der Waals surface area contributed by atoms with Gasteiger partial charge in [-0.3, -0.25) is 4.98 Å². The topological polar surface area (TPSA) is 136 Å². The highest BCUT2D eigenvalue weighted by Gasteiger charge is 2.48. The minimum atomic E-state index is -1.17. The Kier molecular flexibility index (Phi) is 7.03. The molecule has 4 atom stereocenters. The molecule has 3 heterocycles. The molecule has 5 N–H and O–H groups in total. The molecular weight excluding hydrogens is 507 g/mol. The van der Waals surface area contributed by atoms with Crippen molar-refractivity contribution in [2.24, 2.45) is 5.92 Å². The van der Waals surface area contributed by atoms with E-state index in [1.54, 1.807) is 32.2 Å². The Morgan fingerprint density at radius 2 is 1.76 bits per heavy atom. The van der Waals surface area contributed by atoms with E-state index in [0.717, 1.165) is 21.5 Å². The SMILES string of the molecule is Cc1nc(NCc2ccc(F)cc2)nc(N[C@@H]2C[C@H](C(C)(C)O)[C@@H](O)[C@H]2O)c1-c1nc2c(C)nccc2s1. The van der Waals surface area contributed by atoms with Crippen molar-refractivity contribution in [3.05, 3.63) is 59.3 Å². The Bertz CT molecular complexity index is 1460. The van der Waals surface area contributed by atoms with Gasteiger partial charge in [0.15, 0.2) is 0 Å². The molecule has 0 spiro atoms. The first-order valence-electron chi connectivity index (χ1n) is 12.5. The maximum atomic E-state index is 13.3. The third kappa shape index (κ3) is 5.19. The van der Waals surface area contributed by atoms with E-state index < -0.39 is 29.8 Å². The second kappa shape index (κ2) is 10.1. The highest BCUT2D eigenvalue weighted by atomic mass is 32.1. The largest absolute Gasteiger partial charge is 0.390 e. The fourth-order valence-corrected chi connectivity index (χ4v) is 6.05. The van der Waals surface area contributed by atoms with Crippen LogP contribution in [0.25, 0.3) is 20.8 Å². The van der Waals surface area contributed by atoms with Gasteiger partial charge in [-0.25, -0.2) is 14.4 Å². The summed E-state index contributed by atoms with van der Waals surface area (Å²) in [7, 11) is 0. The van der Waals surface area contributed by atoms with E-state index >= 15 is 0 Å². The molecule has 0 radical (unpaired) electrons. The van der Waals surface area contributed by atoms with Crippen molar-refractivity contribution < 1.29 is 19.7 Å². The van der Waals surface area contributed by atoms with E-state index in [1.165, 1.54) is 23.5 Å². The smallest absolute Gasteiger partial charge is 0.225 e. The standard InChI is InChI=1S/C27H31FN6O3S/c1-13-20(25-33-21-14(2)29-10-9-19(21)38-25)24(32-18-11-17(27(3,4)37)22(35)23(18)36)34-26(31-13)30-12-15-5-7-16(28)8-6-15/h5-10,17-18,22-23,35-37H,11-12H2,1-4H3,(H2,30,31,32,34)/t17-,18+,22+,23-/m0/s1. The van der Waals surface area contributed by atoms with Crippen LogP contribution in [0.3, 0.4) is 0 Å². The summed E-state index contributed by atoms with van der Waals surface area (Å²) >= 11 is 1.50. The lowest BCUT2D eigenvalue weighted by Crippen LogP contribution is -2.40. The average molecular weight is 539 g/mol. The van der Waals surface area contributed by atoms with Gasteiger partial charge in [0.1, 0.15) is 28.3 Å². The number of nitrogens with zero attached hydrogens (tertiary/aromatic N) is 4. The number of thiazole rings is 1. The number of rotatable bonds is 7. The monoisotopic (exact) mass is 538 g/mol. The number of aliphatic hydroxyl groups is 3. The zero-order valence-electron chi connectivity index (χ0n) is 21.6. The lowest BCUT2D eigenvalue weighted by Gasteiger charge is -2.28. The average Bonchev–Trinajstić information content (AvgIpc) is 3.41. The fourth-order valence-electron chi connectivity index (χ4n) is 4.94. The van der Waals surface area contributed by atoms with E-state index in [9.17, 15) is 19.7 Å². The molecule has 1 aromatic carbocycles. The molecule has 4 aromatic rings. The molecule has 0 amide bonds. The minimum Gasteiger partial charge on any atom is -0.390 e. The molecule has 38 heavy (non-hydrogen) atoms. The molecule has 1 aliphatic rings. The van der Waals surface area contributed by atoms with Gasteiger partial charge >= 0.3 is 0 Å². The zero-order valence-corrected chi connectivity index (χ0v) is 22.4. The van der Waals surface area contributed by atoms with Gasteiger partial charge < -0.3 is 26.0 Å². The number of aromatic nitrogens is 4. The fraction of sp³-hybridized carbons (Fsp3) is 0.407. The molecule has 0 unspecified atom stereocenters. The molecule has 5 rings (SSSR count). The zero-order chi connectivity index (χ0) is 27.2. The number of halogens is 1. The van der Waals surface area contributed by atoms with Crippen LogP contribution in [-0.4, -0.2) is 59.1 Å². The van der Waals surface area contributed by atoms with Gasteiger partial charge in [-0.15, -0.1) is 11.3 Å². The first kappa shape index (κ1) is 26.4. The maximum absolute atomic E-state index is 13.3. The molecule has 0 aliphatic heterocycles. The molecule has 11 heteroatoms. The first-order valence-corrected chi connectivity index (χ1v) is 13.3. The number of pyridine rings is 1. The number of fused-ring (bicyclic) bond motifs is 1. The van der Waals surface area contributed by atoms with Crippen molar-refractivity contribution in [2.75, 3.05) is 10.6 Å². The van der Waals surface area contributed by atoms with E-state index in [2.05, 4.69) is 20.6 Å². The number of benzene rings is 1. The molecule has 1 saturated carbocycles. The number of nitrogens with one attached hydrogen (secondary N) is 2. The summed E-state index contributed by atoms with van der Waals surface area (Å²) in [6, 6.07) is 7.53. The van der Waals surface area contributed by atoms with Crippen LogP contribution in [0.15, 0.2) is 36.5 Å². The second-order valence-corrected chi connectivity index (χ2v) is 11.4. The van der Waals surface area contributed by atoms with Crippen LogP contribution in [0.5, 0.6) is 0 Å². The van der Waals surface area contributed by atoms with Crippen molar-refractivity contribution in [1.29, 1.82) is 0 Å². The molecular formula is C27H31FN6O3S. The molecule has 0 bridgehead atoms. The molecule has 1 aliphatic carbocycles. The predicted octanol–water partition coefficient (Wildman–Crippen LogP) is 3.81. The summed E-state index contributed by atoms with van der Waals surface area (Å²) in [6.45, 7) is 7.42. The van der Waals surface area contributed by atoms with E-state index in [4.69, 9.17) is 9.97 Å². The Morgan fingerprint density at radius 3 is 2.42 bits per heavy atom. The third-order valence-corrected chi connectivity index (χ3v) is 8.11. The quantitative estimate of drug-likeness (QED) is 0.238. The normalized spacial score (nSPS) is 21.7. The highest BCUT2D eigenvalue weighted by molar-refractivity contribution is 7.21. The van der Waals surface area contributed by atoms with Crippen molar-refractivity contribution in [3.63, 3.8) is 0 Å². The number of anilines is 2. The van der Waals surface area contributed by atoms with Gasteiger partial charge in [-0.05, 0) is 57.9 Å². The van der Waals surface area contributed by atoms with Crippen LogP contribution in [0.2, 0.25) is 0 Å². The number of aryl methyl sites for hydroxylation is 2. The summed E-state index contributed by atoms with van der Waals surface area (Å²) in [6.07, 6.45) is -0.106. The van der Waals surface area contributed by atoms with Crippen molar-refractivity contribution in [3.8, 4) is 10.6 Å². The maximum Gasteiger partial charge on any atom is 0.225 e. The summed E-state index contributed by atoms with van der Waals surface area (Å²) < 4.78 is 14.3. The third-order valence-electron chi connectivity index (χ3n) is 7.07. The number of hydrogen-bond donors (Lipinski definition) is 5. The van der Waals surface area contributed by atoms with Gasteiger partial charge in [0.2, 0.25) is 5.95 Å². The Balaban J connectivity index is 1.52. The van der Waals surface area contributed by atoms with Gasteiger partial charge in [-0.1, -0.05) is 12.1 Å². The molecule has 3 aromatic heterocycles. The van der Waals surface area contributed by atoms with Gasteiger partial charge in [-0.2, -0.15) is 4.98 Å². The van der Waals surface area contributed by atoms with Crippen molar-refractivity contribution >= 4 is 33.3 Å². The molecule has 200 valence electrons. The summed E-state index contributed by atoms with van der Waals surface area (Å²) in [5.41, 5.74) is 2.67. The Morgan fingerprint density at radius 1 is 1.03 bits per heavy atom. The highest BCUT2D eigenvalue weighted by Crippen LogP contribution is 2.40. The minimum absolute atomic E-state index is 0.306. The van der Waals surface area contributed by atoms with Gasteiger partial charge in [0, 0.05) is 18.7 Å². The van der Waals surface area contributed by atoms with Crippen LogP contribution in [0.1, 0.15) is 37.2 Å².